The van der Waals surface area contributed by atoms with Gasteiger partial charge in [0.05, 0.1) is 5.02 Å². The summed E-state index contributed by atoms with van der Waals surface area (Å²) in [6.07, 6.45) is 1.21. The molecule has 2 atom stereocenters. The number of hydrogen-bond donors (Lipinski definition) is 1. The Balaban J connectivity index is 2.50. The van der Waals surface area contributed by atoms with Crippen LogP contribution in [0.25, 0.3) is 0 Å². The lowest BCUT2D eigenvalue weighted by atomic mass is 10.2. The second-order valence-corrected chi connectivity index (χ2v) is 5.54. The molecule has 0 heterocycles. The van der Waals surface area contributed by atoms with E-state index in [-0.39, 0.29) is 6.10 Å². The van der Waals surface area contributed by atoms with Crippen molar-refractivity contribution in [1.82, 2.24) is 5.32 Å². The molecular weight excluding hydrogens is 302 g/mol. The highest BCUT2D eigenvalue weighted by Gasteiger charge is 2.09. The van der Waals surface area contributed by atoms with Gasteiger partial charge in [-0.25, -0.2) is 0 Å². The maximum atomic E-state index is 6.06. The molecule has 1 aromatic carbocycles. The van der Waals surface area contributed by atoms with E-state index in [2.05, 4.69) is 35.1 Å². The minimum absolute atomic E-state index is 0.0933. The van der Waals surface area contributed by atoms with Crippen LogP contribution < -0.4 is 10.1 Å². The fourth-order valence-corrected chi connectivity index (χ4v) is 1.84. The molecule has 0 aliphatic rings. The van der Waals surface area contributed by atoms with Crippen molar-refractivity contribution in [3.05, 3.63) is 27.7 Å². The highest BCUT2D eigenvalue weighted by atomic mass is 79.9. The molecule has 0 saturated heterocycles. The number of benzene rings is 1. The van der Waals surface area contributed by atoms with Crippen LogP contribution in [0.3, 0.4) is 0 Å². The van der Waals surface area contributed by atoms with E-state index in [9.17, 15) is 0 Å². The van der Waals surface area contributed by atoms with Crippen molar-refractivity contribution in [2.24, 2.45) is 0 Å². The predicted octanol–water partition coefficient (Wildman–Crippen LogP) is 4.26. The zero-order valence-electron chi connectivity index (χ0n) is 10.5. The van der Waals surface area contributed by atoms with Crippen molar-refractivity contribution in [3.63, 3.8) is 0 Å². The Bertz CT molecular complexity index is 359. The summed E-state index contributed by atoms with van der Waals surface area (Å²) in [5.41, 5.74) is 0. The molecule has 2 unspecified atom stereocenters. The summed E-state index contributed by atoms with van der Waals surface area (Å²) in [5.74, 6) is 0.722. The maximum absolute atomic E-state index is 6.06. The van der Waals surface area contributed by atoms with E-state index in [0.717, 1.165) is 23.2 Å². The number of ether oxygens (including phenoxy) is 1. The largest absolute Gasteiger partial charge is 0.488 e. The Morgan fingerprint density at radius 2 is 2.12 bits per heavy atom. The summed E-state index contributed by atoms with van der Waals surface area (Å²) in [5, 5.41) is 4.05. The first-order valence-electron chi connectivity index (χ1n) is 5.88. The Kier molecular flexibility index (Phi) is 6.31. The van der Waals surface area contributed by atoms with E-state index < -0.39 is 0 Å². The van der Waals surface area contributed by atoms with Gasteiger partial charge in [-0.05, 0) is 38.5 Å². The number of nitrogens with one attached hydrogen (secondary N) is 1. The van der Waals surface area contributed by atoms with Crippen LogP contribution in [0.5, 0.6) is 5.75 Å². The average Bonchev–Trinajstić information content (AvgIpc) is 2.30. The summed E-state index contributed by atoms with van der Waals surface area (Å²) < 4.78 is 6.77. The molecule has 0 bridgehead atoms. The minimum Gasteiger partial charge on any atom is -0.488 e. The van der Waals surface area contributed by atoms with Gasteiger partial charge in [0, 0.05) is 17.1 Å². The van der Waals surface area contributed by atoms with Crippen molar-refractivity contribution >= 4 is 27.5 Å². The molecule has 0 aliphatic carbocycles. The number of rotatable bonds is 6. The van der Waals surface area contributed by atoms with Crippen LogP contribution in [0.4, 0.5) is 0 Å². The van der Waals surface area contributed by atoms with Gasteiger partial charge in [-0.1, -0.05) is 34.5 Å². The van der Waals surface area contributed by atoms with Crippen LogP contribution in [0.15, 0.2) is 22.7 Å². The van der Waals surface area contributed by atoms with Crippen molar-refractivity contribution < 1.29 is 4.74 Å². The molecule has 1 N–H and O–H groups in total. The standard InChI is InChI=1S/C13H19BrClNO/c1-4-9(2)16-8-10(3)17-13-7-11(14)5-6-12(13)15/h5-7,9-10,16H,4,8H2,1-3H3. The first-order valence-corrected chi connectivity index (χ1v) is 7.05. The predicted molar refractivity (Wildman–Crippen MR) is 77.0 cm³/mol. The SMILES string of the molecule is CCC(C)NCC(C)Oc1cc(Br)ccc1Cl. The lowest BCUT2D eigenvalue weighted by Crippen LogP contribution is -2.34. The molecule has 17 heavy (non-hydrogen) atoms. The molecule has 0 saturated carbocycles. The van der Waals surface area contributed by atoms with Crippen molar-refractivity contribution in [2.45, 2.75) is 39.3 Å². The van der Waals surface area contributed by atoms with Gasteiger partial charge >= 0.3 is 0 Å². The molecule has 0 radical (unpaired) electrons. The lowest BCUT2D eigenvalue weighted by Gasteiger charge is -2.19. The van der Waals surface area contributed by atoms with Gasteiger partial charge in [0.15, 0.2) is 0 Å². The van der Waals surface area contributed by atoms with Gasteiger partial charge in [-0.3, -0.25) is 0 Å². The Labute approximate surface area is 117 Å². The summed E-state index contributed by atoms with van der Waals surface area (Å²) in [7, 11) is 0. The summed E-state index contributed by atoms with van der Waals surface area (Å²) in [4.78, 5) is 0. The monoisotopic (exact) mass is 319 g/mol. The molecule has 0 fully saturated rings. The van der Waals surface area contributed by atoms with Gasteiger partial charge < -0.3 is 10.1 Å². The number of halogens is 2. The van der Waals surface area contributed by atoms with E-state index in [4.69, 9.17) is 16.3 Å². The third-order valence-corrected chi connectivity index (χ3v) is 3.39. The van der Waals surface area contributed by atoms with Crippen LogP contribution in [-0.4, -0.2) is 18.7 Å². The van der Waals surface area contributed by atoms with Crippen molar-refractivity contribution in [1.29, 1.82) is 0 Å². The van der Waals surface area contributed by atoms with Crippen LogP contribution in [0.2, 0.25) is 5.02 Å². The lowest BCUT2D eigenvalue weighted by molar-refractivity contribution is 0.212. The quantitative estimate of drug-likeness (QED) is 0.845. The van der Waals surface area contributed by atoms with Gasteiger partial charge in [-0.2, -0.15) is 0 Å². The molecule has 0 aliphatic heterocycles. The van der Waals surface area contributed by atoms with Crippen LogP contribution in [0, 0.1) is 0 Å². The molecule has 2 nitrogen and oxygen atoms in total. The summed E-state index contributed by atoms with van der Waals surface area (Å²) >= 11 is 9.47. The van der Waals surface area contributed by atoms with Gasteiger partial charge in [-0.15, -0.1) is 0 Å². The van der Waals surface area contributed by atoms with Crippen LogP contribution >= 0.6 is 27.5 Å². The molecule has 4 heteroatoms. The van der Waals surface area contributed by atoms with Gasteiger partial charge in [0.25, 0.3) is 0 Å². The fraction of sp³-hybridized carbons (Fsp3) is 0.538. The summed E-state index contributed by atoms with van der Waals surface area (Å²) in [6.45, 7) is 7.18. The third-order valence-electron chi connectivity index (χ3n) is 2.59. The van der Waals surface area contributed by atoms with E-state index in [1.165, 1.54) is 0 Å². The van der Waals surface area contributed by atoms with E-state index >= 15 is 0 Å². The maximum Gasteiger partial charge on any atom is 0.139 e. The highest BCUT2D eigenvalue weighted by Crippen LogP contribution is 2.28. The average molecular weight is 321 g/mol. The fourth-order valence-electron chi connectivity index (χ4n) is 1.34. The minimum atomic E-state index is 0.0933. The Hall–Kier alpha value is -0.250. The smallest absolute Gasteiger partial charge is 0.139 e. The van der Waals surface area contributed by atoms with Crippen molar-refractivity contribution in [2.75, 3.05) is 6.54 Å². The third kappa shape index (κ3) is 5.28. The molecular formula is C13H19BrClNO. The van der Waals surface area contributed by atoms with E-state index in [1.807, 2.05) is 25.1 Å². The Morgan fingerprint density at radius 1 is 1.41 bits per heavy atom. The molecule has 96 valence electrons. The first kappa shape index (κ1) is 14.8. The topological polar surface area (TPSA) is 21.3 Å². The van der Waals surface area contributed by atoms with E-state index in [1.54, 1.807) is 0 Å². The normalized spacial score (nSPS) is 14.4. The Morgan fingerprint density at radius 3 is 2.76 bits per heavy atom. The zero-order chi connectivity index (χ0) is 12.8. The number of hydrogen-bond acceptors (Lipinski definition) is 2. The zero-order valence-corrected chi connectivity index (χ0v) is 12.8. The van der Waals surface area contributed by atoms with Crippen LogP contribution in [0.1, 0.15) is 27.2 Å². The van der Waals surface area contributed by atoms with Gasteiger partial charge in [0.1, 0.15) is 11.9 Å². The highest BCUT2D eigenvalue weighted by molar-refractivity contribution is 9.10. The first-order chi connectivity index (χ1) is 8.02. The van der Waals surface area contributed by atoms with Gasteiger partial charge in [0.2, 0.25) is 0 Å². The second-order valence-electron chi connectivity index (χ2n) is 4.22. The molecule has 0 aromatic heterocycles. The van der Waals surface area contributed by atoms with Crippen LogP contribution in [-0.2, 0) is 0 Å². The molecule has 1 aromatic rings. The second kappa shape index (κ2) is 7.24. The molecule has 0 spiro atoms. The van der Waals surface area contributed by atoms with Crippen molar-refractivity contribution in [3.8, 4) is 5.75 Å². The van der Waals surface area contributed by atoms with E-state index in [0.29, 0.717) is 11.1 Å². The molecule has 1 rings (SSSR count). The summed E-state index contributed by atoms with van der Waals surface area (Å²) in [6, 6.07) is 6.13. The molecule has 0 amide bonds.